The maximum atomic E-state index is 13.1. The number of hydrogen-bond acceptors (Lipinski definition) is 6. The Bertz CT molecular complexity index is 1350. The zero-order valence-electron chi connectivity index (χ0n) is 16.2. The number of benzene rings is 1. The minimum absolute atomic E-state index is 0.000206. The molecule has 4 heterocycles. The molecule has 30 heavy (non-hydrogen) atoms. The predicted octanol–water partition coefficient (Wildman–Crippen LogP) is 5.26. The summed E-state index contributed by atoms with van der Waals surface area (Å²) >= 11 is 4.71. The third-order valence-electron chi connectivity index (χ3n) is 4.89. The van der Waals surface area contributed by atoms with Crippen LogP contribution in [0.3, 0.4) is 0 Å². The lowest BCUT2D eigenvalue weighted by molar-refractivity contribution is 0.723. The van der Waals surface area contributed by atoms with Gasteiger partial charge < -0.3 is 4.57 Å². The number of imidazole rings is 1. The monoisotopic (exact) mass is 450 g/mol. The number of thiophene rings is 2. The summed E-state index contributed by atoms with van der Waals surface area (Å²) in [6, 6.07) is 14.4. The molecule has 0 spiro atoms. The van der Waals surface area contributed by atoms with Crippen LogP contribution < -0.4 is 5.56 Å². The summed E-state index contributed by atoms with van der Waals surface area (Å²) in [5.41, 5.74) is 2.21. The van der Waals surface area contributed by atoms with E-state index in [1.54, 1.807) is 34.7 Å². The van der Waals surface area contributed by atoms with Gasteiger partial charge in [-0.2, -0.15) is 0 Å². The molecular weight excluding hydrogens is 432 g/mol. The van der Waals surface area contributed by atoms with E-state index in [0.717, 1.165) is 27.6 Å². The molecule has 0 aliphatic heterocycles. The Labute approximate surface area is 185 Å². The van der Waals surface area contributed by atoms with Gasteiger partial charge in [0, 0.05) is 41.8 Å². The molecule has 5 nitrogen and oxygen atoms in total. The first-order chi connectivity index (χ1) is 14.7. The lowest BCUT2D eigenvalue weighted by atomic mass is 10.2. The van der Waals surface area contributed by atoms with Gasteiger partial charge in [0.05, 0.1) is 11.1 Å². The van der Waals surface area contributed by atoms with Gasteiger partial charge in [0.2, 0.25) is 0 Å². The molecule has 0 saturated carbocycles. The van der Waals surface area contributed by atoms with Gasteiger partial charge in [-0.05, 0) is 17.0 Å². The first-order valence-corrected chi connectivity index (χ1v) is 12.1. The van der Waals surface area contributed by atoms with Crippen LogP contribution in [0, 0.1) is 0 Å². The van der Waals surface area contributed by atoms with Gasteiger partial charge >= 0.3 is 0 Å². The minimum Gasteiger partial charge on any atom is -0.330 e. The Morgan fingerprint density at radius 3 is 2.77 bits per heavy atom. The standard InChI is InChI=1S/C22H18N4OS3/c1-25-21(27)19-16(17-8-5-11-28-17)13-29-20(19)24-22(25)30-14-18-23-9-10-26(18)12-15-6-3-2-4-7-15/h2-11,13H,12,14H2,1H3. The summed E-state index contributed by atoms with van der Waals surface area (Å²) in [7, 11) is 1.80. The van der Waals surface area contributed by atoms with Crippen molar-refractivity contribution >= 4 is 44.7 Å². The van der Waals surface area contributed by atoms with E-state index in [4.69, 9.17) is 4.98 Å². The summed E-state index contributed by atoms with van der Waals surface area (Å²) in [4.78, 5) is 24.3. The van der Waals surface area contributed by atoms with E-state index >= 15 is 0 Å². The first kappa shape index (κ1) is 19.3. The molecule has 4 aromatic heterocycles. The molecular formula is C22H18N4OS3. The molecule has 5 aromatic rings. The zero-order valence-corrected chi connectivity index (χ0v) is 18.6. The van der Waals surface area contributed by atoms with Crippen molar-refractivity contribution in [3.05, 3.63) is 87.4 Å². The number of nitrogens with zero attached hydrogens (tertiary/aromatic N) is 4. The van der Waals surface area contributed by atoms with Crippen LogP contribution in [-0.2, 0) is 19.3 Å². The van der Waals surface area contributed by atoms with E-state index in [9.17, 15) is 4.79 Å². The minimum atomic E-state index is -0.000206. The number of fused-ring (bicyclic) bond motifs is 1. The largest absolute Gasteiger partial charge is 0.330 e. The highest BCUT2D eigenvalue weighted by Crippen LogP contribution is 2.34. The van der Waals surface area contributed by atoms with Crippen LogP contribution >= 0.6 is 34.4 Å². The summed E-state index contributed by atoms with van der Waals surface area (Å²) in [5, 5.41) is 5.48. The highest BCUT2D eigenvalue weighted by molar-refractivity contribution is 7.98. The van der Waals surface area contributed by atoms with Crippen LogP contribution in [0.1, 0.15) is 11.4 Å². The van der Waals surface area contributed by atoms with Crippen LogP contribution in [0.2, 0.25) is 0 Å². The topological polar surface area (TPSA) is 52.7 Å². The fourth-order valence-corrected chi connectivity index (χ4v) is 6.07. The van der Waals surface area contributed by atoms with E-state index in [1.807, 2.05) is 53.5 Å². The summed E-state index contributed by atoms with van der Waals surface area (Å²) < 4.78 is 3.79. The molecule has 0 radical (unpaired) electrons. The second-order valence-electron chi connectivity index (χ2n) is 6.81. The number of rotatable bonds is 6. The third-order valence-corrected chi connectivity index (χ3v) is 7.69. The molecule has 0 aliphatic rings. The fourth-order valence-electron chi connectivity index (χ4n) is 3.33. The maximum absolute atomic E-state index is 13.1. The van der Waals surface area contributed by atoms with Gasteiger partial charge in [-0.15, -0.1) is 22.7 Å². The fraction of sp³-hybridized carbons (Fsp3) is 0.136. The Morgan fingerprint density at radius 1 is 1.10 bits per heavy atom. The number of thioether (sulfide) groups is 1. The van der Waals surface area contributed by atoms with Crippen molar-refractivity contribution in [2.24, 2.45) is 7.05 Å². The number of aromatic nitrogens is 4. The molecule has 0 bridgehead atoms. The maximum Gasteiger partial charge on any atom is 0.263 e. The lowest BCUT2D eigenvalue weighted by Crippen LogP contribution is -2.19. The Hall–Kier alpha value is -2.68. The summed E-state index contributed by atoms with van der Waals surface area (Å²) in [6.45, 7) is 0.775. The van der Waals surface area contributed by atoms with Crippen molar-refractivity contribution in [3.8, 4) is 10.4 Å². The van der Waals surface area contributed by atoms with Crippen LogP contribution in [0.25, 0.3) is 20.7 Å². The van der Waals surface area contributed by atoms with E-state index < -0.39 is 0 Å². The second kappa shape index (κ2) is 8.22. The molecule has 0 unspecified atom stereocenters. The third kappa shape index (κ3) is 3.62. The highest BCUT2D eigenvalue weighted by Gasteiger charge is 2.17. The molecule has 0 N–H and O–H groups in total. The quantitative estimate of drug-likeness (QED) is 0.262. The molecule has 0 fully saturated rings. The van der Waals surface area contributed by atoms with Gasteiger partial charge in [-0.1, -0.05) is 48.2 Å². The Morgan fingerprint density at radius 2 is 1.97 bits per heavy atom. The smallest absolute Gasteiger partial charge is 0.263 e. The molecule has 0 saturated heterocycles. The molecule has 8 heteroatoms. The molecule has 0 atom stereocenters. The average Bonchev–Trinajstić information content (AvgIpc) is 3.51. The first-order valence-electron chi connectivity index (χ1n) is 9.39. The Kier molecular flexibility index (Phi) is 5.28. The molecule has 0 aliphatic carbocycles. The molecule has 0 amide bonds. The van der Waals surface area contributed by atoms with Crippen molar-refractivity contribution in [2.45, 2.75) is 17.5 Å². The van der Waals surface area contributed by atoms with Crippen LogP contribution in [0.15, 0.2) is 75.6 Å². The molecule has 1 aromatic carbocycles. The average molecular weight is 451 g/mol. The van der Waals surface area contributed by atoms with E-state index in [0.29, 0.717) is 16.3 Å². The normalized spacial score (nSPS) is 11.4. The SMILES string of the molecule is Cn1c(SCc2nccn2Cc2ccccc2)nc2scc(-c3cccs3)c2c1=O. The van der Waals surface area contributed by atoms with Crippen molar-refractivity contribution in [1.29, 1.82) is 0 Å². The summed E-state index contributed by atoms with van der Waals surface area (Å²) in [5.74, 6) is 1.61. The van der Waals surface area contributed by atoms with Crippen LogP contribution in [0.5, 0.6) is 0 Å². The molecule has 5 rings (SSSR count). The highest BCUT2D eigenvalue weighted by atomic mass is 32.2. The van der Waals surface area contributed by atoms with Crippen molar-refractivity contribution < 1.29 is 0 Å². The van der Waals surface area contributed by atoms with Gasteiger partial charge in [-0.3, -0.25) is 9.36 Å². The van der Waals surface area contributed by atoms with Crippen molar-refractivity contribution in [3.63, 3.8) is 0 Å². The van der Waals surface area contributed by atoms with Gasteiger partial charge in [0.15, 0.2) is 5.16 Å². The van der Waals surface area contributed by atoms with Crippen LogP contribution in [-0.4, -0.2) is 19.1 Å². The van der Waals surface area contributed by atoms with Crippen molar-refractivity contribution in [2.75, 3.05) is 0 Å². The van der Waals surface area contributed by atoms with E-state index in [2.05, 4.69) is 21.7 Å². The molecule has 150 valence electrons. The van der Waals surface area contributed by atoms with Gasteiger partial charge in [-0.25, -0.2) is 9.97 Å². The predicted molar refractivity (Wildman–Crippen MR) is 126 cm³/mol. The van der Waals surface area contributed by atoms with Gasteiger partial charge in [0.25, 0.3) is 5.56 Å². The van der Waals surface area contributed by atoms with Crippen LogP contribution in [0.4, 0.5) is 0 Å². The summed E-state index contributed by atoms with van der Waals surface area (Å²) in [6.07, 6.45) is 3.81. The second-order valence-corrected chi connectivity index (χ2v) is 9.56. The van der Waals surface area contributed by atoms with E-state index in [1.165, 1.54) is 16.9 Å². The number of hydrogen-bond donors (Lipinski definition) is 0. The van der Waals surface area contributed by atoms with Gasteiger partial charge in [0.1, 0.15) is 10.7 Å². The zero-order chi connectivity index (χ0) is 20.5. The Balaban J connectivity index is 1.42. The van der Waals surface area contributed by atoms with E-state index in [-0.39, 0.29) is 5.56 Å². The van der Waals surface area contributed by atoms with Crippen molar-refractivity contribution in [1.82, 2.24) is 19.1 Å². The lowest BCUT2D eigenvalue weighted by Gasteiger charge is -2.10.